The quantitative estimate of drug-likeness (QED) is 0.854. The van der Waals surface area contributed by atoms with Crippen LogP contribution in [-0.4, -0.2) is 18.0 Å². The van der Waals surface area contributed by atoms with E-state index in [2.05, 4.69) is 5.32 Å². The van der Waals surface area contributed by atoms with Crippen molar-refractivity contribution in [2.45, 2.75) is 26.3 Å². The number of benzene rings is 1. The number of nitrogens with two attached hydrogens (primary N) is 1. The highest BCUT2D eigenvalue weighted by Crippen LogP contribution is 2.21. The molecule has 3 N–H and O–H groups in total. The number of carbonyl (C=O) groups excluding carboxylic acids is 1. The minimum atomic E-state index is -0.422. The number of quaternary nitrogens is 1. The first-order valence-electron chi connectivity index (χ1n) is 5.37. The van der Waals surface area contributed by atoms with Gasteiger partial charge in [-0.15, -0.1) is 0 Å². The second-order valence-electron chi connectivity index (χ2n) is 4.95. The summed E-state index contributed by atoms with van der Waals surface area (Å²) in [5, 5.41) is 4.76. The highest BCUT2D eigenvalue weighted by molar-refractivity contribution is 6.33. The summed E-state index contributed by atoms with van der Waals surface area (Å²) in [7, 11) is 0. The molecule has 0 aliphatic carbocycles. The first-order valence-corrected chi connectivity index (χ1v) is 5.75. The van der Waals surface area contributed by atoms with Crippen LogP contribution >= 0.6 is 11.6 Å². The van der Waals surface area contributed by atoms with Gasteiger partial charge in [0.15, 0.2) is 6.54 Å². The highest BCUT2D eigenvalue weighted by Gasteiger charge is 2.16. The SMILES string of the molecule is CC(C)(C)[NH2+]CC(=O)Nc1ccc(F)cc1Cl. The summed E-state index contributed by atoms with van der Waals surface area (Å²) in [5.74, 6) is -0.581. The Bertz CT molecular complexity index is 415. The second kappa shape index (κ2) is 5.47. The van der Waals surface area contributed by atoms with E-state index in [4.69, 9.17) is 11.6 Å². The predicted molar refractivity (Wildman–Crippen MR) is 66.6 cm³/mol. The van der Waals surface area contributed by atoms with Crippen LogP contribution in [0.1, 0.15) is 20.8 Å². The third-order valence-electron chi connectivity index (χ3n) is 2.11. The normalized spacial score (nSPS) is 11.4. The van der Waals surface area contributed by atoms with E-state index in [-0.39, 0.29) is 16.5 Å². The smallest absolute Gasteiger partial charge is 0.279 e. The molecule has 0 atom stereocenters. The Labute approximate surface area is 105 Å². The summed E-state index contributed by atoms with van der Waals surface area (Å²) in [5.41, 5.74) is 0.421. The molecule has 0 saturated carbocycles. The molecule has 1 aromatic rings. The van der Waals surface area contributed by atoms with Crippen molar-refractivity contribution in [3.63, 3.8) is 0 Å². The van der Waals surface area contributed by atoms with Gasteiger partial charge in [0.25, 0.3) is 5.91 Å². The summed E-state index contributed by atoms with van der Waals surface area (Å²) < 4.78 is 12.8. The topological polar surface area (TPSA) is 45.7 Å². The molecule has 94 valence electrons. The average molecular weight is 260 g/mol. The van der Waals surface area contributed by atoms with E-state index in [0.717, 1.165) is 0 Å². The Morgan fingerprint density at radius 3 is 2.65 bits per heavy atom. The number of halogens is 2. The first kappa shape index (κ1) is 13.9. The maximum Gasteiger partial charge on any atom is 0.279 e. The predicted octanol–water partition coefficient (Wildman–Crippen LogP) is 1.78. The van der Waals surface area contributed by atoms with Crippen LogP contribution in [-0.2, 0) is 4.79 Å². The van der Waals surface area contributed by atoms with Gasteiger partial charge in [0.05, 0.1) is 16.2 Å². The van der Waals surface area contributed by atoms with E-state index in [0.29, 0.717) is 12.2 Å². The van der Waals surface area contributed by atoms with Gasteiger partial charge in [-0.3, -0.25) is 4.79 Å². The molecule has 5 heteroatoms. The highest BCUT2D eigenvalue weighted by atomic mass is 35.5. The van der Waals surface area contributed by atoms with Gasteiger partial charge >= 0.3 is 0 Å². The molecule has 0 bridgehead atoms. The lowest BCUT2D eigenvalue weighted by molar-refractivity contribution is -0.707. The summed E-state index contributed by atoms with van der Waals surface area (Å²) in [6, 6.07) is 3.88. The first-order chi connectivity index (χ1) is 7.78. The average Bonchev–Trinajstić information content (AvgIpc) is 2.18. The molecular formula is C12H17ClFN2O+. The molecule has 0 spiro atoms. The lowest BCUT2D eigenvalue weighted by Crippen LogP contribution is -2.95. The molecule has 1 amide bonds. The lowest BCUT2D eigenvalue weighted by Gasteiger charge is -2.16. The van der Waals surface area contributed by atoms with Crippen LogP contribution in [0.2, 0.25) is 5.02 Å². The summed E-state index contributed by atoms with van der Waals surface area (Å²) >= 11 is 5.80. The van der Waals surface area contributed by atoms with Crippen molar-refractivity contribution in [1.82, 2.24) is 0 Å². The van der Waals surface area contributed by atoms with E-state index in [1.807, 2.05) is 26.1 Å². The van der Waals surface area contributed by atoms with Gasteiger partial charge < -0.3 is 10.6 Å². The Hall–Kier alpha value is -1.13. The molecule has 0 aliphatic heterocycles. The fourth-order valence-electron chi connectivity index (χ4n) is 1.19. The van der Waals surface area contributed by atoms with Crippen LogP contribution in [0.25, 0.3) is 0 Å². The monoisotopic (exact) mass is 259 g/mol. The van der Waals surface area contributed by atoms with Gasteiger partial charge in [0, 0.05) is 0 Å². The van der Waals surface area contributed by atoms with E-state index in [1.165, 1.54) is 18.2 Å². The zero-order valence-corrected chi connectivity index (χ0v) is 10.9. The number of hydrogen-bond acceptors (Lipinski definition) is 1. The van der Waals surface area contributed by atoms with Crippen molar-refractivity contribution in [1.29, 1.82) is 0 Å². The number of hydrogen-bond donors (Lipinski definition) is 2. The van der Waals surface area contributed by atoms with Crippen molar-refractivity contribution in [2.24, 2.45) is 0 Å². The maximum absolute atomic E-state index is 12.8. The van der Waals surface area contributed by atoms with E-state index in [9.17, 15) is 9.18 Å². The number of amides is 1. The van der Waals surface area contributed by atoms with Gasteiger partial charge in [0.1, 0.15) is 5.82 Å². The Morgan fingerprint density at radius 2 is 2.12 bits per heavy atom. The number of rotatable bonds is 3. The van der Waals surface area contributed by atoms with Crippen LogP contribution in [0.3, 0.4) is 0 Å². The molecule has 0 fully saturated rings. The van der Waals surface area contributed by atoms with Crippen molar-refractivity contribution >= 4 is 23.2 Å². The van der Waals surface area contributed by atoms with Crippen LogP contribution < -0.4 is 10.6 Å². The van der Waals surface area contributed by atoms with Gasteiger partial charge in [-0.05, 0) is 39.0 Å². The molecule has 0 radical (unpaired) electrons. The molecule has 0 aliphatic rings. The largest absolute Gasteiger partial charge is 0.334 e. The summed E-state index contributed by atoms with van der Waals surface area (Å²) in [6.07, 6.45) is 0. The summed E-state index contributed by atoms with van der Waals surface area (Å²) in [6.45, 7) is 6.36. The second-order valence-corrected chi connectivity index (χ2v) is 5.35. The molecule has 17 heavy (non-hydrogen) atoms. The van der Waals surface area contributed by atoms with E-state index in [1.54, 1.807) is 0 Å². The minimum Gasteiger partial charge on any atom is -0.334 e. The van der Waals surface area contributed by atoms with E-state index >= 15 is 0 Å². The third kappa shape index (κ3) is 5.15. The van der Waals surface area contributed by atoms with Crippen LogP contribution in [0, 0.1) is 5.82 Å². The fourth-order valence-corrected chi connectivity index (χ4v) is 1.41. The minimum absolute atomic E-state index is 0.00999. The lowest BCUT2D eigenvalue weighted by atomic mass is 10.1. The van der Waals surface area contributed by atoms with Crippen LogP contribution in [0.15, 0.2) is 18.2 Å². The van der Waals surface area contributed by atoms with Crippen LogP contribution in [0.4, 0.5) is 10.1 Å². The molecule has 0 unspecified atom stereocenters. The number of anilines is 1. The van der Waals surface area contributed by atoms with Crippen molar-refractivity contribution in [3.8, 4) is 0 Å². The van der Waals surface area contributed by atoms with Crippen molar-refractivity contribution in [2.75, 3.05) is 11.9 Å². The van der Waals surface area contributed by atoms with Crippen molar-refractivity contribution in [3.05, 3.63) is 29.0 Å². The van der Waals surface area contributed by atoms with Gasteiger partial charge in [0.2, 0.25) is 0 Å². The Morgan fingerprint density at radius 1 is 1.47 bits per heavy atom. The zero-order valence-electron chi connectivity index (χ0n) is 10.2. The summed E-state index contributed by atoms with van der Waals surface area (Å²) in [4.78, 5) is 11.6. The third-order valence-corrected chi connectivity index (χ3v) is 2.42. The molecule has 0 heterocycles. The maximum atomic E-state index is 12.8. The molecule has 0 aromatic heterocycles. The fraction of sp³-hybridized carbons (Fsp3) is 0.417. The molecule has 1 rings (SSSR count). The van der Waals surface area contributed by atoms with Gasteiger partial charge in [-0.2, -0.15) is 0 Å². The molecule has 0 saturated heterocycles. The standard InChI is InChI=1S/C12H16ClFN2O/c1-12(2,3)15-7-11(17)16-10-5-4-8(14)6-9(10)13/h4-6,15H,7H2,1-3H3,(H,16,17)/p+1. The molecular weight excluding hydrogens is 243 g/mol. The number of nitrogens with one attached hydrogen (secondary N) is 1. The Balaban J connectivity index is 2.57. The zero-order chi connectivity index (χ0) is 13.1. The Kier molecular flexibility index (Phi) is 4.48. The van der Waals surface area contributed by atoms with Gasteiger partial charge in [-0.1, -0.05) is 11.6 Å². The van der Waals surface area contributed by atoms with Crippen molar-refractivity contribution < 1.29 is 14.5 Å². The molecule has 1 aromatic carbocycles. The number of carbonyl (C=O) groups is 1. The van der Waals surface area contributed by atoms with Crippen LogP contribution in [0.5, 0.6) is 0 Å². The molecule has 3 nitrogen and oxygen atoms in total. The van der Waals surface area contributed by atoms with Gasteiger partial charge in [-0.25, -0.2) is 4.39 Å². The van der Waals surface area contributed by atoms with E-state index < -0.39 is 5.82 Å².